The van der Waals surface area contributed by atoms with Gasteiger partial charge in [0.1, 0.15) is 0 Å². The molecule has 0 aliphatic rings. The van der Waals surface area contributed by atoms with Gasteiger partial charge < -0.3 is 20.3 Å². The Balaban J connectivity index is 3.31. The van der Waals surface area contributed by atoms with Crippen molar-refractivity contribution in [1.82, 2.24) is 5.32 Å². The molecule has 0 heterocycles. The SMILES string of the molecule is CCCCCCCC/C=C\CCCCCCCCCCCC(=O)OCCCCCCCCCCCCCCCCCCCCCCCCCCCCCCCCC(=O)NC(CO)C(O)CCCCCCCCCCCCCCCCCCC. The summed E-state index contributed by atoms with van der Waals surface area (Å²) in [6.07, 6.45) is 91.5. The van der Waals surface area contributed by atoms with Crippen molar-refractivity contribution in [2.75, 3.05) is 13.2 Å². The monoisotopic (exact) mass is 1170 g/mol. The Morgan fingerprint density at radius 3 is 0.855 bits per heavy atom. The number of ether oxygens (including phenoxy) is 1. The van der Waals surface area contributed by atoms with Gasteiger partial charge >= 0.3 is 5.97 Å². The average molecular weight is 1170 g/mol. The number of esters is 1. The molecule has 0 aromatic carbocycles. The van der Waals surface area contributed by atoms with Crippen LogP contribution >= 0.6 is 0 Å². The van der Waals surface area contributed by atoms with Crippen LogP contribution in [0.1, 0.15) is 444 Å². The first-order chi connectivity index (χ1) is 41.0. The zero-order valence-electron chi connectivity index (χ0n) is 56.7. The molecule has 0 aromatic rings. The number of carbonyl (C=O) groups excluding carboxylic acids is 2. The average Bonchev–Trinajstić information content (AvgIpc) is 3.49. The van der Waals surface area contributed by atoms with E-state index in [0.29, 0.717) is 25.9 Å². The molecule has 6 nitrogen and oxygen atoms in total. The molecule has 0 spiro atoms. The van der Waals surface area contributed by atoms with Crippen molar-refractivity contribution in [3.8, 4) is 0 Å². The molecule has 0 saturated heterocycles. The predicted octanol–water partition coefficient (Wildman–Crippen LogP) is 25.1. The van der Waals surface area contributed by atoms with Crippen LogP contribution in [-0.4, -0.2) is 47.4 Å². The minimum absolute atomic E-state index is 0.0209. The van der Waals surface area contributed by atoms with Gasteiger partial charge in [0.15, 0.2) is 0 Å². The van der Waals surface area contributed by atoms with E-state index < -0.39 is 12.1 Å². The quantitative estimate of drug-likeness (QED) is 0.0320. The van der Waals surface area contributed by atoms with Crippen LogP contribution < -0.4 is 5.32 Å². The fraction of sp³-hybridized carbons (Fsp3) is 0.948. The second-order valence-corrected chi connectivity index (χ2v) is 26.7. The van der Waals surface area contributed by atoms with E-state index in [2.05, 4.69) is 31.3 Å². The summed E-state index contributed by atoms with van der Waals surface area (Å²) in [5.74, 6) is -0.00563. The molecule has 83 heavy (non-hydrogen) atoms. The first-order valence-corrected chi connectivity index (χ1v) is 38.4. The van der Waals surface area contributed by atoms with Crippen LogP contribution in [0.4, 0.5) is 0 Å². The normalized spacial score (nSPS) is 12.5. The van der Waals surface area contributed by atoms with Gasteiger partial charge in [0.25, 0.3) is 0 Å². The van der Waals surface area contributed by atoms with Gasteiger partial charge in [-0.3, -0.25) is 9.59 Å². The lowest BCUT2D eigenvalue weighted by Gasteiger charge is -2.22. The second-order valence-electron chi connectivity index (χ2n) is 26.7. The molecule has 0 aromatic heterocycles. The highest BCUT2D eigenvalue weighted by Gasteiger charge is 2.20. The van der Waals surface area contributed by atoms with E-state index in [0.717, 1.165) is 38.5 Å². The number of amides is 1. The molecule has 0 aliphatic carbocycles. The van der Waals surface area contributed by atoms with Crippen molar-refractivity contribution in [1.29, 1.82) is 0 Å². The molecule has 0 fully saturated rings. The smallest absolute Gasteiger partial charge is 0.305 e. The lowest BCUT2D eigenvalue weighted by Crippen LogP contribution is -2.45. The van der Waals surface area contributed by atoms with Crippen molar-refractivity contribution in [2.45, 2.75) is 456 Å². The number of rotatable bonds is 73. The molecule has 2 atom stereocenters. The number of aliphatic hydroxyl groups is 2. The van der Waals surface area contributed by atoms with E-state index in [4.69, 9.17) is 4.74 Å². The molecule has 1 amide bonds. The molecule has 0 aliphatic heterocycles. The van der Waals surface area contributed by atoms with Gasteiger partial charge in [0.05, 0.1) is 25.4 Å². The van der Waals surface area contributed by atoms with Crippen molar-refractivity contribution >= 4 is 11.9 Å². The molecule has 0 rings (SSSR count). The Labute approximate surface area is 520 Å². The van der Waals surface area contributed by atoms with Crippen LogP contribution in [-0.2, 0) is 14.3 Å². The third kappa shape index (κ3) is 69.6. The van der Waals surface area contributed by atoms with Gasteiger partial charge in [-0.2, -0.15) is 0 Å². The summed E-state index contributed by atoms with van der Waals surface area (Å²) in [7, 11) is 0. The summed E-state index contributed by atoms with van der Waals surface area (Å²) in [6, 6.07) is -0.538. The van der Waals surface area contributed by atoms with Crippen molar-refractivity contribution in [3.05, 3.63) is 12.2 Å². The minimum Gasteiger partial charge on any atom is -0.466 e. The van der Waals surface area contributed by atoms with Crippen molar-refractivity contribution < 1.29 is 24.5 Å². The molecule has 3 N–H and O–H groups in total. The lowest BCUT2D eigenvalue weighted by atomic mass is 10.0. The predicted molar refractivity (Wildman–Crippen MR) is 366 cm³/mol. The molecule has 0 bridgehead atoms. The van der Waals surface area contributed by atoms with E-state index in [1.807, 2.05) is 0 Å². The summed E-state index contributed by atoms with van der Waals surface area (Å²) < 4.78 is 5.52. The van der Waals surface area contributed by atoms with Crippen molar-refractivity contribution in [3.63, 3.8) is 0 Å². The number of carbonyl (C=O) groups is 2. The molecule has 494 valence electrons. The third-order valence-electron chi connectivity index (χ3n) is 18.3. The molecule has 0 radical (unpaired) electrons. The van der Waals surface area contributed by atoms with E-state index in [-0.39, 0.29) is 18.5 Å². The maximum Gasteiger partial charge on any atom is 0.305 e. The highest BCUT2D eigenvalue weighted by molar-refractivity contribution is 5.76. The minimum atomic E-state index is -0.661. The first-order valence-electron chi connectivity index (χ1n) is 38.4. The Hall–Kier alpha value is -1.40. The van der Waals surface area contributed by atoms with Crippen LogP contribution in [0.2, 0.25) is 0 Å². The Bertz CT molecular complexity index is 1260. The molecule has 2 unspecified atom stereocenters. The first kappa shape index (κ1) is 81.6. The zero-order chi connectivity index (χ0) is 59.9. The van der Waals surface area contributed by atoms with Gasteiger partial charge in [0.2, 0.25) is 5.91 Å². The van der Waals surface area contributed by atoms with E-state index in [1.54, 1.807) is 0 Å². The summed E-state index contributed by atoms with van der Waals surface area (Å²) in [4.78, 5) is 24.7. The van der Waals surface area contributed by atoms with Gasteiger partial charge in [-0.05, 0) is 51.4 Å². The van der Waals surface area contributed by atoms with Crippen LogP contribution in [0.15, 0.2) is 12.2 Å². The van der Waals surface area contributed by atoms with Gasteiger partial charge in [0, 0.05) is 12.8 Å². The standard InChI is InChI=1S/C77H151NO5/c1-3-5-7-9-11-13-15-17-19-21-34-39-43-47-51-55-59-63-67-71-77(82)83-72-68-64-60-56-52-48-44-40-36-33-31-29-27-25-23-22-24-26-28-30-32-35-38-42-46-50-54-58-62-66-70-76(81)78-74(73-79)75(80)69-65-61-57-53-49-45-41-37-20-18-16-14-12-10-8-6-4-2/h17,19,74-75,79-80H,3-16,18,20-73H2,1-2H3,(H,78,81)/b19-17-. The number of aliphatic hydroxyl groups excluding tert-OH is 2. The summed E-state index contributed by atoms with van der Waals surface area (Å²) >= 11 is 0. The van der Waals surface area contributed by atoms with E-state index >= 15 is 0 Å². The summed E-state index contributed by atoms with van der Waals surface area (Å²) in [6.45, 7) is 5.00. The Morgan fingerprint density at radius 2 is 0.566 bits per heavy atom. The number of hydrogen-bond acceptors (Lipinski definition) is 5. The molecule has 0 saturated carbocycles. The summed E-state index contributed by atoms with van der Waals surface area (Å²) in [5, 5.41) is 23.4. The van der Waals surface area contributed by atoms with E-state index in [1.165, 1.54) is 372 Å². The highest BCUT2D eigenvalue weighted by Crippen LogP contribution is 2.20. The highest BCUT2D eigenvalue weighted by atomic mass is 16.5. The third-order valence-corrected chi connectivity index (χ3v) is 18.3. The molecular formula is C77H151NO5. The second kappa shape index (κ2) is 73.1. The van der Waals surface area contributed by atoms with Gasteiger partial charge in [-0.15, -0.1) is 0 Å². The zero-order valence-corrected chi connectivity index (χ0v) is 56.7. The topological polar surface area (TPSA) is 95.9 Å². The van der Waals surface area contributed by atoms with Crippen LogP contribution in [0, 0.1) is 0 Å². The largest absolute Gasteiger partial charge is 0.466 e. The van der Waals surface area contributed by atoms with Crippen LogP contribution in [0.25, 0.3) is 0 Å². The fourth-order valence-electron chi connectivity index (χ4n) is 12.5. The maximum absolute atomic E-state index is 12.5. The van der Waals surface area contributed by atoms with E-state index in [9.17, 15) is 19.8 Å². The van der Waals surface area contributed by atoms with Gasteiger partial charge in [-0.1, -0.05) is 392 Å². The fourth-order valence-corrected chi connectivity index (χ4v) is 12.5. The summed E-state index contributed by atoms with van der Waals surface area (Å²) in [5.41, 5.74) is 0. The number of nitrogens with one attached hydrogen (secondary N) is 1. The Kier molecular flexibility index (Phi) is 71.8. The molecule has 6 heteroatoms. The number of hydrogen-bond donors (Lipinski definition) is 3. The van der Waals surface area contributed by atoms with Crippen LogP contribution in [0.5, 0.6) is 0 Å². The Morgan fingerprint density at radius 1 is 0.325 bits per heavy atom. The molecular weight excluding hydrogens is 1020 g/mol. The van der Waals surface area contributed by atoms with Gasteiger partial charge in [-0.25, -0.2) is 0 Å². The number of unbranched alkanes of at least 4 members (excludes halogenated alkanes) is 60. The lowest BCUT2D eigenvalue weighted by molar-refractivity contribution is -0.143. The number of allylic oxidation sites excluding steroid dienone is 2. The van der Waals surface area contributed by atoms with Crippen LogP contribution in [0.3, 0.4) is 0 Å². The van der Waals surface area contributed by atoms with Crippen molar-refractivity contribution in [2.24, 2.45) is 0 Å². The maximum atomic E-state index is 12.5.